The van der Waals surface area contributed by atoms with Crippen LogP contribution in [0.5, 0.6) is 5.75 Å². The maximum atomic E-state index is 13.5. The van der Waals surface area contributed by atoms with Gasteiger partial charge in [-0.3, -0.25) is 14.5 Å². The Morgan fingerprint density at radius 1 is 0.875 bits per heavy atom. The fourth-order valence-electron chi connectivity index (χ4n) is 3.65. The molecule has 0 atom stereocenters. The molecule has 162 valence electrons. The molecule has 1 aliphatic heterocycles. The normalized spacial score (nSPS) is 13.7. The number of halogens is 1. The molecule has 0 aliphatic carbocycles. The summed E-state index contributed by atoms with van der Waals surface area (Å²) in [5.74, 6) is -0.758. The van der Waals surface area contributed by atoms with Crippen molar-refractivity contribution >= 4 is 23.1 Å². The number of aryl methyl sites for hydroxylation is 2. The Morgan fingerprint density at radius 3 is 2.19 bits per heavy atom. The first kappa shape index (κ1) is 21.3. The first-order chi connectivity index (χ1) is 15.4. The Hall–Kier alpha value is -3.93. The molecule has 4 rings (SSSR count). The minimum atomic E-state index is -0.446. The van der Waals surface area contributed by atoms with Crippen LogP contribution in [0, 0.1) is 19.7 Å². The van der Waals surface area contributed by atoms with Gasteiger partial charge in [-0.2, -0.15) is 0 Å². The van der Waals surface area contributed by atoms with Crippen LogP contribution in [0.3, 0.4) is 0 Å². The van der Waals surface area contributed by atoms with E-state index in [9.17, 15) is 14.0 Å². The number of anilines is 1. The van der Waals surface area contributed by atoms with Crippen LogP contribution in [-0.4, -0.2) is 23.8 Å². The molecule has 1 heterocycles. The second-order valence-electron chi connectivity index (χ2n) is 7.77. The predicted molar refractivity (Wildman–Crippen MR) is 121 cm³/mol. The molecule has 32 heavy (non-hydrogen) atoms. The lowest BCUT2D eigenvalue weighted by atomic mass is 10.0. The Kier molecular flexibility index (Phi) is 5.77. The van der Waals surface area contributed by atoms with Gasteiger partial charge in [-0.25, -0.2) is 4.39 Å². The standard InChI is InChI=1S/C26H23FN2O3/c1-16-4-7-18(8-5-16)15-29-25(30)23(19-9-11-20(27)12-10-19)24(26(29)31)28-21-14-17(2)6-13-22(21)32-3/h4-14,28H,15H2,1-3H3. The zero-order valence-electron chi connectivity index (χ0n) is 18.1. The number of carbonyl (C=O) groups excluding carboxylic acids is 2. The second-order valence-corrected chi connectivity index (χ2v) is 7.77. The molecule has 0 saturated carbocycles. The number of nitrogens with zero attached hydrogens (tertiary/aromatic N) is 1. The van der Waals surface area contributed by atoms with Crippen molar-refractivity contribution in [3.63, 3.8) is 0 Å². The minimum absolute atomic E-state index is 0.137. The molecular weight excluding hydrogens is 407 g/mol. The van der Waals surface area contributed by atoms with Crippen molar-refractivity contribution in [2.45, 2.75) is 20.4 Å². The van der Waals surface area contributed by atoms with E-state index in [0.717, 1.165) is 16.7 Å². The Bertz CT molecular complexity index is 1210. The summed E-state index contributed by atoms with van der Waals surface area (Å²) in [4.78, 5) is 28.0. The lowest BCUT2D eigenvalue weighted by molar-refractivity contribution is -0.137. The summed E-state index contributed by atoms with van der Waals surface area (Å²) in [6.07, 6.45) is 0. The largest absolute Gasteiger partial charge is 0.495 e. The Labute approximate surface area is 186 Å². The molecule has 0 spiro atoms. The van der Waals surface area contributed by atoms with Crippen molar-refractivity contribution in [1.82, 2.24) is 4.90 Å². The van der Waals surface area contributed by atoms with Gasteiger partial charge >= 0.3 is 0 Å². The summed E-state index contributed by atoms with van der Waals surface area (Å²) in [5.41, 5.74) is 4.26. The van der Waals surface area contributed by atoms with Gasteiger partial charge in [-0.15, -0.1) is 0 Å². The van der Waals surface area contributed by atoms with E-state index < -0.39 is 17.6 Å². The number of nitrogens with one attached hydrogen (secondary N) is 1. The number of hydrogen-bond donors (Lipinski definition) is 1. The molecule has 1 N–H and O–H groups in total. The Morgan fingerprint density at radius 2 is 1.53 bits per heavy atom. The van der Waals surface area contributed by atoms with Crippen LogP contribution in [0.2, 0.25) is 0 Å². The molecule has 3 aromatic rings. The maximum Gasteiger partial charge on any atom is 0.278 e. The molecule has 5 nitrogen and oxygen atoms in total. The molecule has 6 heteroatoms. The van der Waals surface area contributed by atoms with E-state index >= 15 is 0 Å². The third kappa shape index (κ3) is 4.12. The van der Waals surface area contributed by atoms with Crippen molar-refractivity contribution < 1.29 is 18.7 Å². The highest BCUT2D eigenvalue weighted by molar-refractivity contribution is 6.36. The van der Waals surface area contributed by atoms with Gasteiger partial charge in [-0.1, -0.05) is 48.0 Å². The number of ether oxygens (including phenoxy) is 1. The predicted octanol–water partition coefficient (Wildman–Crippen LogP) is 4.84. The molecule has 0 radical (unpaired) electrons. The van der Waals surface area contributed by atoms with E-state index in [0.29, 0.717) is 17.0 Å². The number of benzene rings is 3. The fraction of sp³-hybridized carbons (Fsp3) is 0.154. The molecule has 0 saturated heterocycles. The summed E-state index contributed by atoms with van der Waals surface area (Å²) in [6.45, 7) is 4.03. The van der Waals surface area contributed by atoms with E-state index in [4.69, 9.17) is 4.74 Å². The molecule has 0 aromatic heterocycles. The first-order valence-electron chi connectivity index (χ1n) is 10.2. The van der Waals surface area contributed by atoms with Crippen molar-refractivity contribution in [2.24, 2.45) is 0 Å². The smallest absolute Gasteiger partial charge is 0.278 e. The van der Waals surface area contributed by atoms with Gasteiger partial charge in [-0.05, 0) is 54.8 Å². The third-order valence-corrected chi connectivity index (χ3v) is 5.38. The van der Waals surface area contributed by atoms with Crippen molar-refractivity contribution in [2.75, 3.05) is 12.4 Å². The van der Waals surface area contributed by atoms with E-state index in [1.165, 1.54) is 36.3 Å². The average molecular weight is 430 g/mol. The molecule has 0 unspecified atom stereocenters. The average Bonchev–Trinajstić information content (AvgIpc) is 3.00. The van der Waals surface area contributed by atoms with E-state index in [2.05, 4.69) is 5.32 Å². The highest BCUT2D eigenvalue weighted by Gasteiger charge is 2.39. The summed E-state index contributed by atoms with van der Waals surface area (Å²) >= 11 is 0. The first-order valence-corrected chi connectivity index (χ1v) is 10.2. The summed E-state index contributed by atoms with van der Waals surface area (Å²) in [7, 11) is 1.54. The molecule has 0 fully saturated rings. The van der Waals surface area contributed by atoms with Crippen LogP contribution >= 0.6 is 0 Å². The zero-order chi connectivity index (χ0) is 22.8. The number of methoxy groups -OCH3 is 1. The summed E-state index contributed by atoms with van der Waals surface area (Å²) < 4.78 is 18.9. The number of amides is 2. The van der Waals surface area contributed by atoms with Crippen LogP contribution < -0.4 is 10.1 Å². The van der Waals surface area contributed by atoms with Gasteiger partial charge in [0.2, 0.25) is 0 Å². The minimum Gasteiger partial charge on any atom is -0.495 e. The third-order valence-electron chi connectivity index (χ3n) is 5.38. The van der Waals surface area contributed by atoms with Crippen LogP contribution in [0.4, 0.5) is 10.1 Å². The van der Waals surface area contributed by atoms with Crippen LogP contribution in [0.1, 0.15) is 22.3 Å². The number of imide groups is 1. The summed E-state index contributed by atoms with van der Waals surface area (Å²) in [5, 5.41) is 3.12. The lowest BCUT2D eigenvalue weighted by Gasteiger charge is -2.16. The van der Waals surface area contributed by atoms with Crippen LogP contribution in [0.25, 0.3) is 5.57 Å². The van der Waals surface area contributed by atoms with Gasteiger partial charge in [0.1, 0.15) is 17.3 Å². The Balaban J connectivity index is 1.77. The molecule has 1 aliphatic rings. The van der Waals surface area contributed by atoms with Crippen LogP contribution in [0.15, 0.2) is 72.4 Å². The van der Waals surface area contributed by atoms with E-state index in [-0.39, 0.29) is 17.8 Å². The number of hydrogen-bond acceptors (Lipinski definition) is 4. The maximum absolute atomic E-state index is 13.5. The van der Waals surface area contributed by atoms with E-state index in [1.54, 1.807) is 6.07 Å². The van der Waals surface area contributed by atoms with Gasteiger partial charge in [0.15, 0.2) is 0 Å². The lowest BCUT2D eigenvalue weighted by Crippen LogP contribution is -2.32. The number of carbonyl (C=O) groups is 2. The molecule has 3 aromatic carbocycles. The zero-order valence-corrected chi connectivity index (χ0v) is 18.1. The SMILES string of the molecule is COc1ccc(C)cc1NC1=C(c2ccc(F)cc2)C(=O)N(Cc2ccc(C)cc2)C1=O. The molecular formula is C26H23FN2O3. The quantitative estimate of drug-likeness (QED) is 0.569. The van der Waals surface area contributed by atoms with Gasteiger partial charge in [0, 0.05) is 0 Å². The molecule has 0 bridgehead atoms. The van der Waals surface area contributed by atoms with Crippen molar-refractivity contribution in [1.29, 1.82) is 0 Å². The van der Waals surface area contributed by atoms with Crippen molar-refractivity contribution in [3.8, 4) is 5.75 Å². The number of rotatable bonds is 6. The van der Waals surface area contributed by atoms with Crippen molar-refractivity contribution in [3.05, 3.63) is 100 Å². The van der Waals surface area contributed by atoms with Gasteiger partial charge in [0.05, 0.1) is 24.9 Å². The topological polar surface area (TPSA) is 58.6 Å². The highest BCUT2D eigenvalue weighted by atomic mass is 19.1. The van der Waals surface area contributed by atoms with Gasteiger partial charge < -0.3 is 10.1 Å². The second kappa shape index (κ2) is 8.67. The molecule has 2 amide bonds. The fourth-order valence-corrected chi connectivity index (χ4v) is 3.65. The van der Waals surface area contributed by atoms with E-state index in [1.807, 2.05) is 50.2 Å². The summed E-state index contributed by atoms with van der Waals surface area (Å²) in [6, 6.07) is 18.7. The monoisotopic (exact) mass is 430 g/mol. The van der Waals surface area contributed by atoms with Gasteiger partial charge in [0.25, 0.3) is 11.8 Å². The van der Waals surface area contributed by atoms with Crippen LogP contribution in [-0.2, 0) is 16.1 Å². The highest BCUT2D eigenvalue weighted by Crippen LogP contribution is 2.34.